The Balaban J connectivity index is 3.43. The van der Waals surface area contributed by atoms with Crippen LogP contribution in [0.15, 0.2) is 12.1 Å². The number of halogens is 3. The number of phenolic OH excluding ortho intramolecular Hbond substituents is 1. The Hall–Kier alpha value is -2.43. The van der Waals surface area contributed by atoms with E-state index in [1.165, 1.54) is 6.07 Å². The summed E-state index contributed by atoms with van der Waals surface area (Å²) in [6, 6.07) is 2.87. The number of aromatic hydroxyl groups is 1. The van der Waals surface area contributed by atoms with Gasteiger partial charge in [0.1, 0.15) is 23.1 Å². The molecule has 0 saturated heterocycles. The molecule has 0 aliphatic carbocycles. The van der Waals surface area contributed by atoms with Gasteiger partial charge in [0.05, 0.1) is 12.7 Å². The number of esters is 1. The van der Waals surface area contributed by atoms with Crippen molar-refractivity contribution in [2.45, 2.75) is 6.36 Å². The van der Waals surface area contributed by atoms with E-state index in [4.69, 9.17) is 10.4 Å². The van der Waals surface area contributed by atoms with Crippen LogP contribution < -0.4 is 4.74 Å². The second kappa shape index (κ2) is 4.83. The van der Waals surface area contributed by atoms with Gasteiger partial charge in [-0.3, -0.25) is 0 Å². The van der Waals surface area contributed by atoms with Crippen molar-refractivity contribution in [3.8, 4) is 17.6 Å². The van der Waals surface area contributed by atoms with Gasteiger partial charge in [-0.25, -0.2) is 4.79 Å². The van der Waals surface area contributed by atoms with E-state index in [0.29, 0.717) is 6.07 Å². The second-order valence-electron chi connectivity index (χ2n) is 3.02. The van der Waals surface area contributed by atoms with E-state index < -0.39 is 35.0 Å². The molecule has 0 heterocycles. The number of methoxy groups -OCH3 is 1. The van der Waals surface area contributed by atoms with Gasteiger partial charge in [0.25, 0.3) is 0 Å². The molecule has 1 aromatic carbocycles. The molecule has 0 aromatic heterocycles. The second-order valence-corrected chi connectivity index (χ2v) is 3.02. The molecule has 1 rings (SSSR count). The van der Waals surface area contributed by atoms with E-state index in [1.807, 2.05) is 0 Å². The molecular weight excluding hydrogens is 255 g/mol. The van der Waals surface area contributed by atoms with Crippen LogP contribution >= 0.6 is 0 Å². The molecule has 96 valence electrons. The summed E-state index contributed by atoms with van der Waals surface area (Å²) in [5, 5.41) is 17.9. The first-order valence-corrected chi connectivity index (χ1v) is 4.39. The molecule has 18 heavy (non-hydrogen) atoms. The molecular formula is C10H6F3NO4. The first kappa shape index (κ1) is 13.6. The standard InChI is InChI=1S/C10H6F3NO4/c1-17-9(16)8-5(4-14)2-6(15)3-7(8)18-10(11,12)13/h2-3,15H,1H3. The first-order chi connectivity index (χ1) is 8.28. The number of alkyl halides is 3. The summed E-state index contributed by atoms with van der Waals surface area (Å²) in [5.41, 5.74) is -1.18. The van der Waals surface area contributed by atoms with E-state index >= 15 is 0 Å². The molecule has 0 saturated carbocycles. The zero-order valence-corrected chi connectivity index (χ0v) is 8.91. The maximum atomic E-state index is 12.1. The minimum atomic E-state index is -5.07. The average molecular weight is 261 g/mol. The van der Waals surface area contributed by atoms with Crippen LogP contribution in [0.25, 0.3) is 0 Å². The lowest BCUT2D eigenvalue weighted by molar-refractivity contribution is -0.274. The van der Waals surface area contributed by atoms with E-state index in [1.54, 1.807) is 0 Å². The number of carbonyl (C=O) groups excluding carboxylic acids is 1. The van der Waals surface area contributed by atoms with Gasteiger partial charge in [0.2, 0.25) is 0 Å². The first-order valence-electron chi connectivity index (χ1n) is 4.39. The molecule has 1 aromatic rings. The van der Waals surface area contributed by atoms with Gasteiger partial charge in [0.15, 0.2) is 0 Å². The Morgan fingerprint density at radius 2 is 2.06 bits per heavy atom. The fourth-order valence-electron chi connectivity index (χ4n) is 1.21. The molecule has 0 atom stereocenters. The third-order valence-corrected chi connectivity index (χ3v) is 1.82. The van der Waals surface area contributed by atoms with Crippen molar-refractivity contribution in [1.82, 2.24) is 0 Å². The smallest absolute Gasteiger partial charge is 0.508 e. The van der Waals surface area contributed by atoms with Crippen molar-refractivity contribution in [3.63, 3.8) is 0 Å². The van der Waals surface area contributed by atoms with Gasteiger partial charge < -0.3 is 14.6 Å². The van der Waals surface area contributed by atoms with Crippen molar-refractivity contribution in [1.29, 1.82) is 5.26 Å². The van der Waals surface area contributed by atoms with Gasteiger partial charge >= 0.3 is 12.3 Å². The molecule has 0 fully saturated rings. The average Bonchev–Trinajstić information content (AvgIpc) is 2.25. The molecule has 8 heteroatoms. The SMILES string of the molecule is COC(=O)c1c(C#N)cc(O)cc1OC(F)(F)F. The van der Waals surface area contributed by atoms with Crippen LogP contribution in [-0.4, -0.2) is 24.5 Å². The molecule has 0 aliphatic rings. The monoisotopic (exact) mass is 261 g/mol. The summed E-state index contributed by atoms with van der Waals surface area (Å²) in [6.07, 6.45) is -5.07. The Bertz CT molecular complexity index is 519. The summed E-state index contributed by atoms with van der Waals surface area (Å²) in [5.74, 6) is -2.81. The number of benzene rings is 1. The zero-order chi connectivity index (χ0) is 13.9. The molecule has 0 amide bonds. The molecule has 0 spiro atoms. The van der Waals surface area contributed by atoms with Crippen LogP contribution in [0.3, 0.4) is 0 Å². The summed E-state index contributed by atoms with van der Waals surface area (Å²) in [7, 11) is 0.938. The highest BCUT2D eigenvalue weighted by molar-refractivity contribution is 5.95. The van der Waals surface area contributed by atoms with Gasteiger partial charge in [-0.05, 0) is 6.07 Å². The van der Waals surface area contributed by atoms with E-state index in [-0.39, 0.29) is 0 Å². The molecule has 0 aliphatic heterocycles. The molecule has 5 nitrogen and oxygen atoms in total. The number of hydrogen-bond acceptors (Lipinski definition) is 5. The van der Waals surface area contributed by atoms with E-state index in [9.17, 15) is 18.0 Å². The summed E-state index contributed by atoms with van der Waals surface area (Å²) in [6.45, 7) is 0. The Kier molecular flexibility index (Phi) is 3.66. The third-order valence-electron chi connectivity index (χ3n) is 1.82. The fourth-order valence-corrected chi connectivity index (χ4v) is 1.21. The van der Waals surface area contributed by atoms with Crippen molar-refractivity contribution in [3.05, 3.63) is 23.3 Å². The number of nitrogens with zero attached hydrogens (tertiary/aromatic N) is 1. The van der Waals surface area contributed by atoms with Crippen LogP contribution in [0.2, 0.25) is 0 Å². The van der Waals surface area contributed by atoms with Crippen molar-refractivity contribution < 1.29 is 32.5 Å². The number of hydrogen-bond donors (Lipinski definition) is 1. The van der Waals surface area contributed by atoms with Crippen LogP contribution in [0.5, 0.6) is 11.5 Å². The largest absolute Gasteiger partial charge is 0.573 e. The predicted molar refractivity (Wildman–Crippen MR) is 50.8 cm³/mol. The lowest BCUT2D eigenvalue weighted by atomic mass is 10.1. The summed E-state index contributed by atoms with van der Waals surface area (Å²) < 4.78 is 44.2. The number of carbonyl (C=O) groups is 1. The highest BCUT2D eigenvalue weighted by Crippen LogP contribution is 2.32. The quantitative estimate of drug-likeness (QED) is 0.823. The lowest BCUT2D eigenvalue weighted by Crippen LogP contribution is -2.20. The molecule has 1 N–H and O–H groups in total. The normalized spacial score (nSPS) is 10.6. The van der Waals surface area contributed by atoms with Gasteiger partial charge in [0, 0.05) is 6.07 Å². The van der Waals surface area contributed by atoms with Gasteiger partial charge in [-0.15, -0.1) is 13.2 Å². The Labute approximate surface area is 99.0 Å². The maximum Gasteiger partial charge on any atom is 0.573 e. The van der Waals surface area contributed by atoms with Crippen LogP contribution in [0, 0.1) is 11.3 Å². The maximum absolute atomic E-state index is 12.1. The van der Waals surface area contributed by atoms with Gasteiger partial charge in [-0.1, -0.05) is 0 Å². The summed E-state index contributed by atoms with van der Waals surface area (Å²) in [4.78, 5) is 11.3. The van der Waals surface area contributed by atoms with E-state index in [2.05, 4.69) is 9.47 Å². The Morgan fingerprint density at radius 1 is 1.44 bits per heavy atom. The number of nitriles is 1. The fraction of sp³-hybridized carbons (Fsp3) is 0.200. The van der Waals surface area contributed by atoms with E-state index in [0.717, 1.165) is 13.2 Å². The van der Waals surface area contributed by atoms with Gasteiger partial charge in [-0.2, -0.15) is 5.26 Å². The van der Waals surface area contributed by atoms with Crippen molar-refractivity contribution in [2.24, 2.45) is 0 Å². The third kappa shape index (κ3) is 3.04. The highest BCUT2D eigenvalue weighted by atomic mass is 19.4. The minimum Gasteiger partial charge on any atom is -0.508 e. The molecule has 0 radical (unpaired) electrons. The molecule has 0 bridgehead atoms. The van der Waals surface area contributed by atoms with Crippen LogP contribution in [0.4, 0.5) is 13.2 Å². The molecule has 0 unspecified atom stereocenters. The topological polar surface area (TPSA) is 79.6 Å². The predicted octanol–water partition coefficient (Wildman–Crippen LogP) is 1.95. The van der Waals surface area contributed by atoms with Crippen molar-refractivity contribution in [2.75, 3.05) is 7.11 Å². The number of ether oxygens (including phenoxy) is 2. The summed E-state index contributed by atoms with van der Waals surface area (Å²) >= 11 is 0. The van der Waals surface area contributed by atoms with Crippen molar-refractivity contribution >= 4 is 5.97 Å². The minimum absolute atomic E-state index is 0.485. The van der Waals surface area contributed by atoms with Crippen LogP contribution in [-0.2, 0) is 4.74 Å². The zero-order valence-electron chi connectivity index (χ0n) is 8.91. The highest BCUT2D eigenvalue weighted by Gasteiger charge is 2.34. The number of phenols is 1. The van der Waals surface area contributed by atoms with Crippen LogP contribution in [0.1, 0.15) is 15.9 Å². The Morgan fingerprint density at radius 3 is 2.50 bits per heavy atom. The lowest BCUT2D eigenvalue weighted by Gasteiger charge is -2.13. The number of rotatable bonds is 2.